The molecule has 3 nitrogen and oxygen atoms in total. The molecule has 0 unspecified atom stereocenters. The van der Waals surface area contributed by atoms with Crippen molar-refractivity contribution in [3.05, 3.63) is 41.2 Å². The molecule has 18 heavy (non-hydrogen) atoms. The first kappa shape index (κ1) is 14.1. The summed E-state index contributed by atoms with van der Waals surface area (Å²) < 4.78 is 24.1. The molecule has 0 atom stereocenters. The molecule has 0 fully saturated rings. The van der Waals surface area contributed by atoms with Crippen LogP contribution < -0.4 is 0 Å². The molecule has 1 rings (SSSR count). The Kier molecular flexibility index (Phi) is 4.76. The predicted molar refractivity (Wildman–Crippen MR) is 61.5 cm³/mol. The van der Waals surface area contributed by atoms with Crippen LogP contribution in [0.2, 0.25) is 5.15 Å². The van der Waals surface area contributed by atoms with Gasteiger partial charge in [-0.25, -0.2) is 4.98 Å². The Hall–Kier alpha value is -1.98. The summed E-state index contributed by atoms with van der Waals surface area (Å²) in [5.41, 5.74) is -0.922. The molecule has 0 saturated heterocycles. The number of rotatable bonds is 4. The van der Waals surface area contributed by atoms with Gasteiger partial charge in [0.15, 0.2) is 5.41 Å². The number of hydrogen-bond acceptors (Lipinski definition) is 3. The topological polar surface area (TPSA) is 60.5 Å². The molecule has 0 aliphatic rings. The Morgan fingerprint density at radius 3 is 2.50 bits per heavy atom. The molecule has 0 saturated carbocycles. The number of halogens is 3. The molecule has 0 aliphatic carbocycles. The molecule has 1 heterocycles. The Labute approximate surface area is 108 Å². The van der Waals surface area contributed by atoms with Crippen LogP contribution >= 0.6 is 11.6 Å². The lowest BCUT2D eigenvalue weighted by Gasteiger charge is -2.15. The van der Waals surface area contributed by atoms with E-state index in [1.807, 2.05) is 0 Å². The summed E-state index contributed by atoms with van der Waals surface area (Å²) in [4.78, 5) is 3.81. The third-order valence-electron chi connectivity index (χ3n) is 2.33. The maximum atomic E-state index is 12.0. The minimum Gasteiger partial charge on any atom is -0.244 e. The third kappa shape index (κ3) is 3.80. The highest BCUT2D eigenvalue weighted by atomic mass is 35.5. The fraction of sp³-hybridized carbons (Fsp3) is 0.250. The van der Waals surface area contributed by atoms with E-state index in [1.54, 1.807) is 18.2 Å². The van der Waals surface area contributed by atoms with E-state index in [4.69, 9.17) is 22.1 Å². The summed E-state index contributed by atoms with van der Waals surface area (Å²) in [5, 5.41) is 18.3. The largest absolute Gasteiger partial charge is 0.266 e. The van der Waals surface area contributed by atoms with E-state index < -0.39 is 11.5 Å². The van der Waals surface area contributed by atoms with E-state index in [1.165, 1.54) is 12.3 Å². The fourth-order valence-corrected chi connectivity index (χ4v) is 1.49. The van der Waals surface area contributed by atoms with Crippen molar-refractivity contribution in [3.8, 4) is 12.1 Å². The number of pyridine rings is 1. The maximum absolute atomic E-state index is 12.0. The van der Waals surface area contributed by atoms with Gasteiger partial charge in [0.25, 0.3) is 6.08 Å². The van der Waals surface area contributed by atoms with E-state index >= 15 is 0 Å². The highest BCUT2D eigenvalue weighted by molar-refractivity contribution is 6.29. The normalized spacial score (nSPS) is 10.3. The highest BCUT2D eigenvalue weighted by Gasteiger charge is 2.29. The molecular formula is C12H8ClF2N3. The second-order valence-electron chi connectivity index (χ2n) is 3.67. The summed E-state index contributed by atoms with van der Waals surface area (Å²) >= 11 is 5.60. The predicted octanol–water partition coefficient (Wildman–Crippen LogP) is 3.48. The van der Waals surface area contributed by atoms with Gasteiger partial charge >= 0.3 is 0 Å². The molecule has 0 spiro atoms. The zero-order valence-electron chi connectivity index (χ0n) is 9.20. The summed E-state index contributed by atoms with van der Waals surface area (Å²) in [6.45, 7) is 0. The van der Waals surface area contributed by atoms with Gasteiger partial charge in [0, 0.05) is 19.0 Å². The van der Waals surface area contributed by atoms with Crippen LogP contribution in [-0.4, -0.2) is 4.98 Å². The van der Waals surface area contributed by atoms with Crippen molar-refractivity contribution in [2.75, 3.05) is 0 Å². The number of hydrogen-bond donors (Lipinski definition) is 0. The number of allylic oxidation sites excluding steroid dienone is 1. The molecule has 0 radical (unpaired) electrons. The van der Waals surface area contributed by atoms with Crippen LogP contribution in [0.15, 0.2) is 30.5 Å². The van der Waals surface area contributed by atoms with Gasteiger partial charge in [-0.2, -0.15) is 19.3 Å². The Balaban J connectivity index is 2.94. The second kappa shape index (κ2) is 6.09. The first-order chi connectivity index (χ1) is 8.51. The summed E-state index contributed by atoms with van der Waals surface area (Å²) in [5.74, 6) is 0. The average Bonchev–Trinajstić information content (AvgIpc) is 2.37. The van der Waals surface area contributed by atoms with Crippen LogP contribution in [-0.2, 0) is 6.42 Å². The molecule has 6 heteroatoms. The molecule has 1 aromatic rings. The summed E-state index contributed by atoms with van der Waals surface area (Å²) in [6, 6.07) is 6.69. The second-order valence-corrected chi connectivity index (χ2v) is 4.06. The maximum Gasteiger partial charge on any atom is 0.266 e. The van der Waals surface area contributed by atoms with E-state index in [0.29, 0.717) is 11.6 Å². The number of nitriles is 2. The van der Waals surface area contributed by atoms with Gasteiger partial charge in [-0.15, -0.1) is 0 Å². The van der Waals surface area contributed by atoms with Crippen molar-refractivity contribution >= 4 is 11.6 Å². The first-order valence-corrected chi connectivity index (χ1v) is 5.33. The van der Waals surface area contributed by atoms with E-state index in [-0.39, 0.29) is 18.0 Å². The van der Waals surface area contributed by atoms with Gasteiger partial charge in [0.05, 0.1) is 12.1 Å². The van der Waals surface area contributed by atoms with E-state index in [0.717, 1.165) is 0 Å². The highest BCUT2D eigenvalue weighted by Crippen LogP contribution is 2.27. The molecular weight excluding hydrogens is 260 g/mol. The van der Waals surface area contributed by atoms with Gasteiger partial charge in [0.2, 0.25) is 0 Å². The van der Waals surface area contributed by atoms with Crippen LogP contribution in [0.1, 0.15) is 12.0 Å². The molecule has 1 aromatic heterocycles. The smallest absolute Gasteiger partial charge is 0.244 e. The van der Waals surface area contributed by atoms with Crippen LogP contribution in [0.25, 0.3) is 0 Å². The molecule has 0 aromatic carbocycles. The molecule has 0 amide bonds. The fourth-order valence-electron chi connectivity index (χ4n) is 1.38. The van der Waals surface area contributed by atoms with Crippen molar-refractivity contribution in [2.24, 2.45) is 5.41 Å². The molecule has 0 bridgehead atoms. The van der Waals surface area contributed by atoms with Crippen molar-refractivity contribution in [1.29, 1.82) is 10.5 Å². The van der Waals surface area contributed by atoms with Crippen LogP contribution in [0, 0.1) is 28.1 Å². The van der Waals surface area contributed by atoms with Gasteiger partial charge in [-0.1, -0.05) is 17.7 Å². The summed E-state index contributed by atoms with van der Waals surface area (Å²) in [7, 11) is 0. The van der Waals surface area contributed by atoms with Crippen molar-refractivity contribution in [1.82, 2.24) is 4.98 Å². The lowest BCUT2D eigenvalue weighted by molar-refractivity contribution is 0.408. The number of aromatic nitrogens is 1. The molecule has 0 N–H and O–H groups in total. The van der Waals surface area contributed by atoms with Crippen molar-refractivity contribution < 1.29 is 8.78 Å². The molecule has 0 aliphatic heterocycles. The standard InChI is InChI=1S/C12H8ClF2N3/c13-10-2-1-9(6-18-10)5-12(7-16,8-17)4-3-11(14)15/h1-3,6H,4-5H2. The van der Waals surface area contributed by atoms with Crippen molar-refractivity contribution in [3.63, 3.8) is 0 Å². The summed E-state index contributed by atoms with van der Waals surface area (Å²) in [6.07, 6.45) is -0.213. The lowest BCUT2D eigenvalue weighted by atomic mass is 9.82. The Bertz CT molecular complexity index is 508. The van der Waals surface area contributed by atoms with Crippen molar-refractivity contribution in [2.45, 2.75) is 12.8 Å². The van der Waals surface area contributed by atoms with Crippen LogP contribution in [0.5, 0.6) is 0 Å². The zero-order chi connectivity index (χ0) is 13.6. The quantitative estimate of drug-likeness (QED) is 0.785. The first-order valence-electron chi connectivity index (χ1n) is 4.95. The zero-order valence-corrected chi connectivity index (χ0v) is 9.96. The van der Waals surface area contributed by atoms with Gasteiger partial charge in [-0.3, -0.25) is 0 Å². The monoisotopic (exact) mass is 267 g/mol. The Morgan fingerprint density at radius 2 is 2.06 bits per heavy atom. The van der Waals surface area contributed by atoms with Gasteiger partial charge in [0.1, 0.15) is 5.15 Å². The van der Waals surface area contributed by atoms with E-state index in [9.17, 15) is 8.78 Å². The van der Waals surface area contributed by atoms with Crippen LogP contribution in [0.4, 0.5) is 8.78 Å². The third-order valence-corrected chi connectivity index (χ3v) is 2.55. The lowest BCUT2D eigenvalue weighted by Crippen LogP contribution is -2.19. The van der Waals surface area contributed by atoms with Crippen LogP contribution in [0.3, 0.4) is 0 Å². The average molecular weight is 268 g/mol. The SMILES string of the molecule is N#CC(C#N)(CC=C(F)F)Cc1ccc(Cl)nc1. The van der Waals surface area contributed by atoms with E-state index in [2.05, 4.69) is 4.98 Å². The number of nitrogens with zero attached hydrogens (tertiary/aromatic N) is 3. The Morgan fingerprint density at radius 1 is 1.39 bits per heavy atom. The minimum atomic E-state index is -1.90. The van der Waals surface area contributed by atoms with Gasteiger partial charge < -0.3 is 0 Å². The minimum absolute atomic E-state index is 0.0218. The molecule has 92 valence electrons. The van der Waals surface area contributed by atoms with Gasteiger partial charge in [-0.05, 0) is 17.7 Å².